The highest BCUT2D eigenvalue weighted by Crippen LogP contribution is 2.21. The first-order chi connectivity index (χ1) is 11.5. The Morgan fingerprint density at radius 2 is 1.71 bits per heavy atom. The number of carboxylic acid groups (broad SMARTS) is 1. The second-order valence-corrected chi connectivity index (χ2v) is 6.13. The number of nitrogens with one attached hydrogen (secondary N) is 1. The van der Waals surface area contributed by atoms with Gasteiger partial charge in [-0.2, -0.15) is 0 Å². The molecule has 2 aromatic rings. The summed E-state index contributed by atoms with van der Waals surface area (Å²) in [5.74, 6) is -1.06. The maximum Gasteiger partial charge on any atom is 0.323 e. The second-order valence-electron chi connectivity index (χ2n) is 6.13. The first-order valence-corrected chi connectivity index (χ1v) is 7.96. The number of aryl methyl sites for hydroxylation is 1. The van der Waals surface area contributed by atoms with Crippen LogP contribution in [0.5, 0.6) is 0 Å². The largest absolute Gasteiger partial charge is 0.480 e. The van der Waals surface area contributed by atoms with Crippen LogP contribution >= 0.6 is 0 Å². The van der Waals surface area contributed by atoms with E-state index in [9.17, 15) is 9.90 Å². The number of rotatable bonds is 5. The first-order valence-electron chi connectivity index (χ1n) is 7.96. The predicted octanol–water partition coefficient (Wildman–Crippen LogP) is 1.96. The zero-order chi connectivity index (χ0) is 17.1. The van der Waals surface area contributed by atoms with E-state index >= 15 is 0 Å². The number of hydrogen-bond acceptors (Lipinski definition) is 4. The molecular formula is C19H21NO4. The summed E-state index contributed by atoms with van der Waals surface area (Å²) < 4.78 is 5.67. The van der Waals surface area contributed by atoms with Crippen molar-refractivity contribution in [3.8, 4) is 11.1 Å². The third-order valence-electron chi connectivity index (χ3n) is 4.33. The van der Waals surface area contributed by atoms with E-state index in [2.05, 4.69) is 36.5 Å². The molecule has 0 aromatic heterocycles. The minimum absolute atomic E-state index is 0.333. The maximum absolute atomic E-state index is 10.9. The number of benzene rings is 2. The highest BCUT2D eigenvalue weighted by Gasteiger charge is 2.39. The van der Waals surface area contributed by atoms with E-state index in [4.69, 9.17) is 9.84 Å². The molecule has 3 atom stereocenters. The third kappa shape index (κ3) is 3.64. The average Bonchev–Trinajstić information content (AvgIpc) is 2.95. The van der Waals surface area contributed by atoms with Crippen molar-refractivity contribution < 1.29 is 19.7 Å². The maximum atomic E-state index is 10.9. The Kier molecular flexibility index (Phi) is 4.94. The number of aliphatic hydroxyl groups is 1. The quantitative estimate of drug-likeness (QED) is 0.782. The van der Waals surface area contributed by atoms with E-state index in [0.29, 0.717) is 13.2 Å². The fourth-order valence-corrected chi connectivity index (χ4v) is 2.83. The van der Waals surface area contributed by atoms with Crippen molar-refractivity contribution >= 4 is 5.97 Å². The van der Waals surface area contributed by atoms with Gasteiger partial charge in [-0.15, -0.1) is 0 Å². The summed E-state index contributed by atoms with van der Waals surface area (Å²) in [5.41, 5.74) is 4.50. The van der Waals surface area contributed by atoms with Crippen LogP contribution in [0.2, 0.25) is 0 Å². The zero-order valence-corrected chi connectivity index (χ0v) is 13.5. The van der Waals surface area contributed by atoms with Crippen molar-refractivity contribution in [2.24, 2.45) is 0 Å². The van der Waals surface area contributed by atoms with E-state index in [1.165, 1.54) is 5.56 Å². The Hall–Kier alpha value is -2.21. The summed E-state index contributed by atoms with van der Waals surface area (Å²) in [7, 11) is 0. The van der Waals surface area contributed by atoms with Crippen molar-refractivity contribution in [2.45, 2.75) is 31.8 Å². The molecule has 5 heteroatoms. The molecule has 5 nitrogen and oxygen atoms in total. The Labute approximate surface area is 140 Å². The molecule has 1 aliphatic rings. The lowest BCUT2D eigenvalue weighted by Crippen LogP contribution is -2.40. The molecule has 24 heavy (non-hydrogen) atoms. The fraction of sp³-hybridized carbons (Fsp3) is 0.316. The van der Waals surface area contributed by atoms with Gasteiger partial charge in [0.1, 0.15) is 12.1 Å². The number of carboxylic acids is 1. The molecule has 0 saturated carbocycles. The summed E-state index contributed by atoms with van der Waals surface area (Å²) in [6.07, 6.45) is -1.54. The van der Waals surface area contributed by atoms with Gasteiger partial charge in [-0.3, -0.25) is 10.1 Å². The molecule has 3 rings (SSSR count). The summed E-state index contributed by atoms with van der Waals surface area (Å²) in [4.78, 5) is 10.9. The second kappa shape index (κ2) is 7.13. The van der Waals surface area contributed by atoms with Gasteiger partial charge in [0.15, 0.2) is 0 Å². The Balaban J connectivity index is 1.59. The van der Waals surface area contributed by atoms with Crippen LogP contribution in [0.15, 0.2) is 48.5 Å². The van der Waals surface area contributed by atoms with E-state index in [1.54, 1.807) is 0 Å². The van der Waals surface area contributed by atoms with Crippen LogP contribution < -0.4 is 5.32 Å². The van der Waals surface area contributed by atoms with Gasteiger partial charge >= 0.3 is 5.97 Å². The lowest BCUT2D eigenvalue weighted by Gasteiger charge is -2.16. The molecule has 0 unspecified atom stereocenters. The molecule has 0 spiro atoms. The lowest BCUT2D eigenvalue weighted by molar-refractivity contribution is -0.142. The van der Waals surface area contributed by atoms with Gasteiger partial charge in [-0.05, 0) is 23.6 Å². The van der Waals surface area contributed by atoms with Crippen LogP contribution in [0.4, 0.5) is 0 Å². The minimum Gasteiger partial charge on any atom is -0.480 e. The zero-order valence-electron chi connectivity index (χ0n) is 13.5. The number of carbonyl (C=O) groups is 1. The standard InChI is InChI=1S/C19H21NO4/c1-12-2-6-14(7-3-12)15-8-4-13(5-9-15)11-24-16-10-20-17(18(16)21)19(22)23/h2-9,16-18,20-21H,10-11H2,1H3,(H,22,23)/t16-,17+,18+/m0/s1. The molecule has 1 aliphatic heterocycles. The molecule has 2 aromatic carbocycles. The highest BCUT2D eigenvalue weighted by atomic mass is 16.5. The van der Waals surface area contributed by atoms with Gasteiger partial charge in [0.05, 0.1) is 12.7 Å². The SMILES string of the molecule is Cc1ccc(-c2ccc(CO[C@H]3CN[C@@H](C(=O)O)[C@@H]3O)cc2)cc1. The molecule has 0 radical (unpaired) electrons. The van der Waals surface area contributed by atoms with Crippen molar-refractivity contribution in [3.05, 3.63) is 59.7 Å². The van der Waals surface area contributed by atoms with Crippen LogP contribution in [0, 0.1) is 6.92 Å². The summed E-state index contributed by atoms with van der Waals surface area (Å²) >= 11 is 0. The highest BCUT2D eigenvalue weighted by molar-refractivity contribution is 5.75. The van der Waals surface area contributed by atoms with Gasteiger partial charge in [0, 0.05) is 6.54 Å². The monoisotopic (exact) mass is 327 g/mol. The van der Waals surface area contributed by atoms with E-state index in [1.807, 2.05) is 24.3 Å². The van der Waals surface area contributed by atoms with Gasteiger partial charge in [0.25, 0.3) is 0 Å². The molecular weight excluding hydrogens is 306 g/mol. The third-order valence-corrected chi connectivity index (χ3v) is 4.33. The number of aliphatic carboxylic acids is 1. The van der Waals surface area contributed by atoms with Gasteiger partial charge in [-0.1, -0.05) is 54.1 Å². The van der Waals surface area contributed by atoms with E-state index < -0.39 is 24.2 Å². The van der Waals surface area contributed by atoms with Crippen molar-refractivity contribution in [2.75, 3.05) is 6.54 Å². The minimum atomic E-state index is -1.06. The van der Waals surface area contributed by atoms with E-state index in [0.717, 1.165) is 16.7 Å². The Morgan fingerprint density at radius 1 is 1.12 bits per heavy atom. The average molecular weight is 327 g/mol. The molecule has 0 aliphatic carbocycles. The first kappa shape index (κ1) is 16.6. The van der Waals surface area contributed by atoms with Crippen LogP contribution in [0.3, 0.4) is 0 Å². The number of hydrogen-bond donors (Lipinski definition) is 3. The summed E-state index contributed by atoms with van der Waals surface area (Å²) in [6, 6.07) is 15.4. The molecule has 1 heterocycles. The van der Waals surface area contributed by atoms with Crippen LogP contribution in [0.1, 0.15) is 11.1 Å². The summed E-state index contributed by atoms with van der Waals surface area (Å²) in [6.45, 7) is 2.73. The predicted molar refractivity (Wildman–Crippen MR) is 90.6 cm³/mol. The fourth-order valence-electron chi connectivity index (χ4n) is 2.83. The van der Waals surface area contributed by atoms with Crippen LogP contribution in [-0.4, -0.2) is 41.0 Å². The van der Waals surface area contributed by atoms with Crippen molar-refractivity contribution in [1.29, 1.82) is 0 Å². The van der Waals surface area contributed by atoms with Crippen molar-refractivity contribution in [3.63, 3.8) is 0 Å². The van der Waals surface area contributed by atoms with Crippen molar-refractivity contribution in [1.82, 2.24) is 5.32 Å². The van der Waals surface area contributed by atoms with Gasteiger partial charge < -0.3 is 14.9 Å². The molecule has 0 bridgehead atoms. The number of ether oxygens (including phenoxy) is 1. The normalized spacial score (nSPS) is 23.3. The Morgan fingerprint density at radius 3 is 2.25 bits per heavy atom. The number of aliphatic hydroxyl groups excluding tert-OH is 1. The molecule has 3 N–H and O–H groups in total. The van der Waals surface area contributed by atoms with Gasteiger partial charge in [-0.25, -0.2) is 0 Å². The van der Waals surface area contributed by atoms with E-state index in [-0.39, 0.29) is 0 Å². The molecule has 1 saturated heterocycles. The molecule has 0 amide bonds. The van der Waals surface area contributed by atoms with Gasteiger partial charge in [0.2, 0.25) is 0 Å². The topological polar surface area (TPSA) is 78.8 Å². The summed E-state index contributed by atoms with van der Waals surface area (Å²) in [5, 5.41) is 21.7. The molecule has 126 valence electrons. The lowest BCUT2D eigenvalue weighted by atomic mass is 10.0. The van der Waals surface area contributed by atoms with Crippen LogP contribution in [0.25, 0.3) is 11.1 Å². The smallest absolute Gasteiger partial charge is 0.323 e. The molecule has 1 fully saturated rings. The van der Waals surface area contributed by atoms with Crippen LogP contribution in [-0.2, 0) is 16.1 Å². The Bertz CT molecular complexity index is 696.